The Labute approximate surface area is 101 Å². The molecule has 4 nitrogen and oxygen atoms in total. The molecule has 3 fully saturated rings. The summed E-state index contributed by atoms with van der Waals surface area (Å²) in [5, 5.41) is 0. The van der Waals surface area contributed by atoms with Gasteiger partial charge in [0.05, 0.1) is 6.10 Å². The van der Waals surface area contributed by atoms with Crippen molar-refractivity contribution in [1.82, 2.24) is 0 Å². The first kappa shape index (κ1) is 12.0. The van der Waals surface area contributed by atoms with Crippen LogP contribution in [0, 0.1) is 17.8 Å². The van der Waals surface area contributed by atoms with Crippen LogP contribution in [0.15, 0.2) is 12.2 Å². The fourth-order valence-corrected chi connectivity index (χ4v) is 3.41. The van der Waals surface area contributed by atoms with Crippen LogP contribution in [0.1, 0.15) is 12.8 Å². The number of carbonyl (C=O) groups is 1. The quantitative estimate of drug-likeness (QED) is 0.434. The Kier molecular flexibility index (Phi) is 2.47. The Morgan fingerprint density at radius 2 is 2.00 bits per heavy atom. The van der Waals surface area contributed by atoms with E-state index in [0.29, 0.717) is 6.42 Å². The average molecular weight is 264 g/mol. The monoisotopic (exact) mass is 264 g/mol. The van der Waals surface area contributed by atoms with E-state index in [1.165, 1.54) is 0 Å². The number of halogens is 3. The van der Waals surface area contributed by atoms with E-state index < -0.39 is 18.2 Å². The molecule has 1 aliphatic heterocycles. The van der Waals surface area contributed by atoms with Crippen LogP contribution in [0.4, 0.5) is 13.2 Å². The van der Waals surface area contributed by atoms with Crippen molar-refractivity contribution in [3.63, 3.8) is 0 Å². The van der Waals surface area contributed by atoms with Crippen molar-refractivity contribution < 1.29 is 32.5 Å². The molecule has 0 aromatic rings. The number of alkyl halides is 3. The molecular formula is C11H11F3O4. The molecule has 100 valence electrons. The molecule has 0 radical (unpaired) electrons. The van der Waals surface area contributed by atoms with Crippen molar-refractivity contribution in [2.24, 2.45) is 17.8 Å². The molecule has 0 aromatic heterocycles. The smallest absolute Gasteiger partial charge is 0.369 e. The molecule has 18 heavy (non-hydrogen) atoms. The largest absolute Gasteiger partial charge is 0.575 e. The third kappa shape index (κ3) is 1.73. The molecule has 0 spiro atoms. The predicted molar refractivity (Wildman–Crippen MR) is 50.7 cm³/mol. The zero-order chi connectivity index (χ0) is 13.1. The molecule has 5 unspecified atom stereocenters. The van der Waals surface area contributed by atoms with Gasteiger partial charge in [-0.1, -0.05) is 6.58 Å². The number of rotatable bonds is 2. The average Bonchev–Trinajstić information content (AvgIpc) is 2.82. The standard InChI is InChI=1S/C11H11F3O4/c1-4(10(15)16-11(12,13)14)8-5-2-6-7(3-5)17-18-9(6)8/h5-9H,1-3H2. The van der Waals surface area contributed by atoms with Crippen LogP contribution < -0.4 is 0 Å². The van der Waals surface area contributed by atoms with E-state index in [-0.39, 0.29) is 29.6 Å². The highest BCUT2D eigenvalue weighted by molar-refractivity contribution is 5.88. The Morgan fingerprint density at radius 1 is 1.28 bits per heavy atom. The summed E-state index contributed by atoms with van der Waals surface area (Å²) >= 11 is 0. The molecule has 2 aliphatic carbocycles. The third-order valence-corrected chi connectivity index (χ3v) is 4.03. The summed E-state index contributed by atoms with van der Waals surface area (Å²) in [5.41, 5.74) is -0.172. The minimum absolute atomic E-state index is 0.0164. The van der Waals surface area contributed by atoms with Crippen LogP contribution in [0.3, 0.4) is 0 Å². The molecular weight excluding hydrogens is 253 g/mol. The minimum Gasteiger partial charge on any atom is -0.369 e. The van der Waals surface area contributed by atoms with E-state index >= 15 is 0 Å². The number of fused-ring (bicyclic) bond motifs is 1. The minimum atomic E-state index is -4.98. The van der Waals surface area contributed by atoms with E-state index in [4.69, 9.17) is 9.78 Å². The molecule has 0 aromatic carbocycles. The van der Waals surface area contributed by atoms with Crippen LogP contribution in [0.2, 0.25) is 0 Å². The fourth-order valence-electron chi connectivity index (χ4n) is 3.41. The van der Waals surface area contributed by atoms with Gasteiger partial charge in [-0.15, -0.1) is 13.2 Å². The maximum atomic E-state index is 12.0. The van der Waals surface area contributed by atoms with Crippen molar-refractivity contribution in [2.75, 3.05) is 0 Å². The first-order chi connectivity index (χ1) is 8.37. The summed E-state index contributed by atoms with van der Waals surface area (Å²) in [6.45, 7) is 3.45. The van der Waals surface area contributed by atoms with Crippen LogP contribution >= 0.6 is 0 Å². The van der Waals surface area contributed by atoms with Gasteiger partial charge in [0.15, 0.2) is 0 Å². The zero-order valence-corrected chi connectivity index (χ0v) is 9.27. The van der Waals surface area contributed by atoms with Crippen molar-refractivity contribution in [3.05, 3.63) is 12.2 Å². The van der Waals surface area contributed by atoms with Gasteiger partial charge in [0, 0.05) is 17.4 Å². The van der Waals surface area contributed by atoms with E-state index in [1.54, 1.807) is 0 Å². The zero-order valence-electron chi connectivity index (χ0n) is 9.27. The van der Waals surface area contributed by atoms with Crippen molar-refractivity contribution in [1.29, 1.82) is 0 Å². The lowest BCUT2D eigenvalue weighted by Gasteiger charge is -2.25. The summed E-state index contributed by atoms with van der Waals surface area (Å²) in [6.07, 6.45) is -3.82. The van der Waals surface area contributed by atoms with Gasteiger partial charge >= 0.3 is 12.3 Å². The van der Waals surface area contributed by atoms with Gasteiger partial charge in [0.25, 0.3) is 0 Å². The van der Waals surface area contributed by atoms with Gasteiger partial charge in [0.2, 0.25) is 0 Å². The van der Waals surface area contributed by atoms with Crippen LogP contribution in [-0.4, -0.2) is 24.5 Å². The van der Waals surface area contributed by atoms with Crippen LogP contribution in [0.5, 0.6) is 0 Å². The van der Waals surface area contributed by atoms with Gasteiger partial charge < -0.3 is 4.74 Å². The van der Waals surface area contributed by atoms with Crippen molar-refractivity contribution in [3.8, 4) is 0 Å². The molecule has 7 heteroatoms. The Hall–Kier alpha value is -1.08. The molecule has 0 N–H and O–H groups in total. The highest BCUT2D eigenvalue weighted by atomic mass is 19.4. The van der Waals surface area contributed by atoms with E-state index in [9.17, 15) is 18.0 Å². The lowest BCUT2D eigenvalue weighted by atomic mass is 9.81. The fraction of sp³-hybridized carbons (Fsp3) is 0.727. The second kappa shape index (κ2) is 3.71. The lowest BCUT2D eigenvalue weighted by molar-refractivity contribution is -0.305. The highest BCUT2D eigenvalue weighted by Crippen LogP contribution is 2.57. The molecule has 3 rings (SSSR count). The van der Waals surface area contributed by atoms with Gasteiger partial charge in [-0.05, 0) is 18.8 Å². The molecule has 2 bridgehead atoms. The Balaban J connectivity index is 1.72. The summed E-state index contributed by atoms with van der Waals surface area (Å²) in [6, 6.07) is 0. The third-order valence-electron chi connectivity index (χ3n) is 4.03. The van der Waals surface area contributed by atoms with E-state index in [0.717, 1.165) is 6.42 Å². The second-order valence-corrected chi connectivity index (χ2v) is 4.98. The molecule has 2 saturated carbocycles. The van der Waals surface area contributed by atoms with Gasteiger partial charge in [0.1, 0.15) is 6.10 Å². The topological polar surface area (TPSA) is 44.8 Å². The predicted octanol–water partition coefficient (Wildman–Crippen LogP) is 1.96. The summed E-state index contributed by atoms with van der Waals surface area (Å²) in [7, 11) is 0. The number of hydrogen-bond acceptors (Lipinski definition) is 4. The van der Waals surface area contributed by atoms with Gasteiger partial charge in [-0.25, -0.2) is 14.6 Å². The van der Waals surface area contributed by atoms with Crippen molar-refractivity contribution in [2.45, 2.75) is 31.4 Å². The summed E-state index contributed by atoms with van der Waals surface area (Å²) in [5.74, 6) is -1.59. The first-order valence-corrected chi connectivity index (χ1v) is 5.68. The lowest BCUT2D eigenvalue weighted by Crippen LogP contribution is -2.34. The second-order valence-electron chi connectivity index (χ2n) is 4.98. The van der Waals surface area contributed by atoms with Crippen molar-refractivity contribution >= 4 is 5.97 Å². The SMILES string of the molecule is C=C(C(=O)OC(F)(F)F)C1C2CC3OOC1C3C2. The Morgan fingerprint density at radius 3 is 2.67 bits per heavy atom. The maximum absolute atomic E-state index is 12.0. The number of ether oxygens (including phenoxy) is 1. The van der Waals surface area contributed by atoms with E-state index in [2.05, 4.69) is 11.3 Å². The van der Waals surface area contributed by atoms with E-state index in [1.807, 2.05) is 0 Å². The number of hydrogen-bond donors (Lipinski definition) is 0. The van der Waals surface area contributed by atoms with Crippen LogP contribution in [0.25, 0.3) is 0 Å². The Bertz CT molecular complexity index is 404. The maximum Gasteiger partial charge on any atom is 0.575 e. The van der Waals surface area contributed by atoms with Gasteiger partial charge in [-0.2, -0.15) is 0 Å². The normalized spacial score (nSPS) is 41.2. The van der Waals surface area contributed by atoms with Crippen LogP contribution in [-0.2, 0) is 19.3 Å². The molecule has 5 atom stereocenters. The summed E-state index contributed by atoms with van der Waals surface area (Å²) in [4.78, 5) is 21.5. The number of carbonyl (C=O) groups excluding carboxylic acids is 1. The molecule has 1 heterocycles. The highest BCUT2D eigenvalue weighted by Gasteiger charge is 2.60. The molecule has 1 saturated heterocycles. The first-order valence-electron chi connectivity index (χ1n) is 5.68. The summed E-state index contributed by atoms with van der Waals surface area (Å²) < 4.78 is 39.4. The van der Waals surface area contributed by atoms with Gasteiger partial charge in [-0.3, -0.25) is 0 Å². The molecule has 0 amide bonds. The molecule has 3 aliphatic rings. The number of esters is 1.